The molecule has 0 radical (unpaired) electrons. The summed E-state index contributed by atoms with van der Waals surface area (Å²) < 4.78 is 18.9. The minimum Gasteiger partial charge on any atom is -0.376 e. The molecule has 3 nitrogen and oxygen atoms in total. The highest BCUT2D eigenvalue weighted by Gasteiger charge is 2.16. The van der Waals surface area contributed by atoms with Gasteiger partial charge in [-0.15, -0.1) is 11.8 Å². The molecule has 1 amide bonds. The average Bonchev–Trinajstić information content (AvgIpc) is 2.92. The van der Waals surface area contributed by atoms with Crippen molar-refractivity contribution >= 4 is 29.3 Å². The van der Waals surface area contributed by atoms with Gasteiger partial charge in [0.2, 0.25) is 5.91 Å². The van der Waals surface area contributed by atoms with E-state index in [1.165, 1.54) is 17.8 Å². The molecule has 0 aliphatic carbocycles. The van der Waals surface area contributed by atoms with Gasteiger partial charge in [0.1, 0.15) is 5.82 Å². The molecule has 1 heterocycles. The third-order valence-corrected chi connectivity index (χ3v) is 4.27. The largest absolute Gasteiger partial charge is 0.376 e. The number of carbonyl (C=O) groups excluding carboxylic acids is 1. The molecule has 0 saturated carbocycles. The highest BCUT2D eigenvalue weighted by atomic mass is 35.5. The van der Waals surface area contributed by atoms with Crippen molar-refractivity contribution in [3.63, 3.8) is 0 Å². The van der Waals surface area contributed by atoms with Gasteiger partial charge in [-0.05, 0) is 30.5 Å². The van der Waals surface area contributed by atoms with Crippen LogP contribution in [0.15, 0.2) is 18.2 Å². The predicted molar refractivity (Wildman–Crippen MR) is 79.6 cm³/mol. The minimum atomic E-state index is -0.329. The number of halogens is 2. The van der Waals surface area contributed by atoms with E-state index >= 15 is 0 Å². The Morgan fingerprint density at radius 2 is 2.40 bits per heavy atom. The van der Waals surface area contributed by atoms with Crippen LogP contribution in [-0.4, -0.2) is 30.9 Å². The van der Waals surface area contributed by atoms with Gasteiger partial charge >= 0.3 is 0 Å². The number of thioether (sulfide) groups is 1. The van der Waals surface area contributed by atoms with Crippen molar-refractivity contribution in [3.05, 3.63) is 34.6 Å². The lowest BCUT2D eigenvalue weighted by molar-refractivity contribution is -0.119. The molecule has 1 fully saturated rings. The van der Waals surface area contributed by atoms with E-state index in [1.807, 2.05) is 0 Å². The van der Waals surface area contributed by atoms with Gasteiger partial charge < -0.3 is 10.1 Å². The Morgan fingerprint density at radius 3 is 3.10 bits per heavy atom. The zero-order valence-corrected chi connectivity index (χ0v) is 12.6. The highest BCUT2D eigenvalue weighted by molar-refractivity contribution is 7.99. The summed E-state index contributed by atoms with van der Waals surface area (Å²) in [6, 6.07) is 4.59. The Hall–Kier alpha value is -0.780. The Morgan fingerprint density at radius 1 is 1.55 bits per heavy atom. The van der Waals surface area contributed by atoms with Crippen molar-refractivity contribution in [3.8, 4) is 0 Å². The smallest absolute Gasteiger partial charge is 0.230 e. The number of ether oxygens (including phenoxy) is 1. The molecule has 1 unspecified atom stereocenters. The SMILES string of the molecule is O=C(CSCc1ccc(Cl)cc1F)NCC1CCCO1. The number of hydrogen-bond donors (Lipinski definition) is 1. The zero-order chi connectivity index (χ0) is 14.4. The highest BCUT2D eigenvalue weighted by Crippen LogP contribution is 2.19. The van der Waals surface area contributed by atoms with Gasteiger partial charge in [-0.25, -0.2) is 4.39 Å². The van der Waals surface area contributed by atoms with Crippen LogP contribution in [0.4, 0.5) is 4.39 Å². The van der Waals surface area contributed by atoms with Crippen molar-refractivity contribution in [1.82, 2.24) is 5.32 Å². The van der Waals surface area contributed by atoms with Gasteiger partial charge in [-0.1, -0.05) is 17.7 Å². The van der Waals surface area contributed by atoms with E-state index in [0.717, 1.165) is 19.4 Å². The van der Waals surface area contributed by atoms with E-state index in [1.54, 1.807) is 12.1 Å². The topological polar surface area (TPSA) is 38.3 Å². The van der Waals surface area contributed by atoms with Crippen molar-refractivity contribution < 1.29 is 13.9 Å². The number of rotatable bonds is 6. The second-order valence-corrected chi connectivity index (χ2v) is 6.09. The molecule has 1 saturated heterocycles. The summed E-state index contributed by atoms with van der Waals surface area (Å²) in [5, 5.41) is 3.22. The summed E-state index contributed by atoms with van der Waals surface area (Å²) in [4.78, 5) is 11.6. The fourth-order valence-electron chi connectivity index (χ4n) is 1.98. The fraction of sp³-hybridized carbons (Fsp3) is 0.500. The Labute approximate surface area is 127 Å². The van der Waals surface area contributed by atoms with Crippen molar-refractivity contribution in [1.29, 1.82) is 0 Å². The molecule has 0 spiro atoms. The van der Waals surface area contributed by atoms with Gasteiger partial charge in [-0.3, -0.25) is 4.79 Å². The van der Waals surface area contributed by atoms with Crippen LogP contribution in [0.1, 0.15) is 18.4 Å². The molecule has 110 valence electrons. The van der Waals surface area contributed by atoms with Gasteiger partial charge in [0.05, 0.1) is 11.9 Å². The molecule has 1 N–H and O–H groups in total. The van der Waals surface area contributed by atoms with Crippen LogP contribution < -0.4 is 5.32 Å². The summed E-state index contributed by atoms with van der Waals surface area (Å²) in [5.74, 6) is 0.398. The summed E-state index contributed by atoms with van der Waals surface area (Å²) in [5.41, 5.74) is 0.561. The molecule has 0 bridgehead atoms. The van der Waals surface area contributed by atoms with Crippen LogP contribution in [0.3, 0.4) is 0 Å². The first kappa shape index (κ1) is 15.6. The third kappa shape index (κ3) is 4.96. The van der Waals surface area contributed by atoms with Crippen LogP contribution >= 0.6 is 23.4 Å². The van der Waals surface area contributed by atoms with E-state index in [9.17, 15) is 9.18 Å². The Kier molecular flexibility index (Phi) is 6.13. The molecule has 6 heteroatoms. The van der Waals surface area contributed by atoms with Crippen LogP contribution in [0.2, 0.25) is 5.02 Å². The molecule has 1 aromatic rings. The Bertz CT molecular complexity index is 466. The third-order valence-electron chi connectivity index (χ3n) is 3.06. The van der Waals surface area contributed by atoms with E-state index in [-0.39, 0.29) is 17.8 Å². The molecule has 0 aromatic heterocycles. The monoisotopic (exact) mass is 317 g/mol. The van der Waals surface area contributed by atoms with E-state index in [2.05, 4.69) is 5.32 Å². The quantitative estimate of drug-likeness (QED) is 0.876. The van der Waals surface area contributed by atoms with Crippen LogP contribution in [0.5, 0.6) is 0 Å². The number of benzene rings is 1. The van der Waals surface area contributed by atoms with Crippen molar-refractivity contribution in [2.45, 2.75) is 24.7 Å². The summed E-state index contributed by atoms with van der Waals surface area (Å²) in [6.07, 6.45) is 2.21. The summed E-state index contributed by atoms with van der Waals surface area (Å²) in [6.45, 7) is 1.35. The maximum Gasteiger partial charge on any atom is 0.230 e. The van der Waals surface area contributed by atoms with Crippen molar-refractivity contribution in [2.75, 3.05) is 18.9 Å². The number of nitrogens with one attached hydrogen (secondary N) is 1. The van der Waals surface area contributed by atoms with Crippen LogP contribution in [0, 0.1) is 5.82 Å². The normalized spacial score (nSPS) is 18.2. The number of hydrogen-bond acceptors (Lipinski definition) is 3. The summed E-state index contributed by atoms with van der Waals surface area (Å²) in [7, 11) is 0. The molecule has 1 atom stereocenters. The first-order valence-corrected chi connectivity index (χ1v) is 8.08. The lowest BCUT2D eigenvalue weighted by atomic mass is 10.2. The van der Waals surface area contributed by atoms with E-state index < -0.39 is 0 Å². The molecule has 1 aliphatic rings. The van der Waals surface area contributed by atoms with E-state index in [0.29, 0.717) is 28.6 Å². The molecule has 2 rings (SSSR count). The lowest BCUT2D eigenvalue weighted by Gasteiger charge is -2.10. The average molecular weight is 318 g/mol. The molecular formula is C14H17ClFNO2S. The maximum atomic E-state index is 13.5. The van der Waals surface area contributed by atoms with Gasteiger partial charge in [0.25, 0.3) is 0 Å². The Balaban J connectivity index is 1.65. The second-order valence-electron chi connectivity index (χ2n) is 4.67. The predicted octanol–water partition coefficient (Wildman–Crippen LogP) is 3.01. The first-order valence-electron chi connectivity index (χ1n) is 6.55. The molecule has 20 heavy (non-hydrogen) atoms. The number of carbonyl (C=O) groups is 1. The van der Waals surface area contributed by atoms with Crippen LogP contribution in [0.25, 0.3) is 0 Å². The number of amides is 1. The van der Waals surface area contributed by atoms with Crippen LogP contribution in [-0.2, 0) is 15.3 Å². The standard InChI is InChI=1S/C14H17ClFNO2S/c15-11-4-3-10(13(16)6-11)8-20-9-14(18)17-7-12-2-1-5-19-12/h3-4,6,12H,1-2,5,7-9H2,(H,17,18). The summed E-state index contributed by atoms with van der Waals surface area (Å²) >= 11 is 7.06. The molecule has 1 aliphatic heterocycles. The second kappa shape index (κ2) is 7.86. The molecule has 1 aromatic carbocycles. The maximum absolute atomic E-state index is 13.5. The minimum absolute atomic E-state index is 0.0418. The fourth-order valence-corrected chi connectivity index (χ4v) is 2.98. The molecular weight excluding hydrogens is 301 g/mol. The first-order chi connectivity index (χ1) is 9.65. The zero-order valence-electron chi connectivity index (χ0n) is 11.0. The van der Waals surface area contributed by atoms with Crippen molar-refractivity contribution in [2.24, 2.45) is 0 Å². The van der Waals surface area contributed by atoms with E-state index in [4.69, 9.17) is 16.3 Å². The van der Waals surface area contributed by atoms with Gasteiger partial charge in [0, 0.05) is 23.9 Å². The van der Waals surface area contributed by atoms with Gasteiger partial charge in [0.15, 0.2) is 0 Å². The lowest BCUT2D eigenvalue weighted by Crippen LogP contribution is -2.32. The van der Waals surface area contributed by atoms with Gasteiger partial charge in [-0.2, -0.15) is 0 Å².